The number of benzene rings is 2. The van der Waals surface area contributed by atoms with Gasteiger partial charge in [-0.2, -0.15) is 0 Å². The maximum Gasteiger partial charge on any atom is 0.338 e. The Bertz CT molecular complexity index is 775. The summed E-state index contributed by atoms with van der Waals surface area (Å²) in [6, 6.07) is 17.9. The molecule has 0 aliphatic heterocycles. The molecule has 2 aromatic carbocycles. The van der Waals surface area contributed by atoms with Crippen molar-refractivity contribution < 1.29 is 23.5 Å². The molecule has 2 rings (SSSR count). The fourth-order valence-electron chi connectivity index (χ4n) is 4.21. The van der Waals surface area contributed by atoms with Gasteiger partial charge in [0.1, 0.15) is 13.2 Å². The molecule has 0 N–H and O–H groups in total. The predicted octanol–water partition coefficient (Wildman–Crippen LogP) is 5.12. The molecule has 0 saturated heterocycles. The molecule has 168 valence electrons. The second kappa shape index (κ2) is 12.9. The zero-order chi connectivity index (χ0) is 22.5. The molecule has 5 heteroatoms. The number of esters is 2. The number of quaternary nitrogens is 1. The SMILES string of the molecule is CCC[N+](CCC)(CCC)CC(COC(=O)c1ccccc1)OC(=O)c1ccccc1. The monoisotopic (exact) mass is 426 g/mol. The van der Waals surface area contributed by atoms with E-state index in [1.54, 1.807) is 36.4 Å². The topological polar surface area (TPSA) is 52.6 Å². The molecule has 0 spiro atoms. The molecule has 0 amide bonds. The van der Waals surface area contributed by atoms with Crippen LogP contribution >= 0.6 is 0 Å². The number of nitrogens with zero attached hydrogens (tertiary/aromatic N) is 1. The van der Waals surface area contributed by atoms with Gasteiger partial charge in [-0.15, -0.1) is 0 Å². The number of ether oxygens (including phenoxy) is 2. The van der Waals surface area contributed by atoms with E-state index in [2.05, 4.69) is 20.8 Å². The average Bonchev–Trinajstić information content (AvgIpc) is 2.79. The van der Waals surface area contributed by atoms with E-state index in [0.717, 1.165) is 43.4 Å². The summed E-state index contributed by atoms with van der Waals surface area (Å²) in [7, 11) is 0. The van der Waals surface area contributed by atoms with E-state index in [0.29, 0.717) is 17.7 Å². The predicted molar refractivity (Wildman–Crippen MR) is 123 cm³/mol. The second-order valence-corrected chi connectivity index (χ2v) is 8.05. The van der Waals surface area contributed by atoms with E-state index < -0.39 is 12.1 Å². The lowest BCUT2D eigenvalue weighted by Crippen LogP contribution is -2.55. The number of rotatable bonds is 13. The quantitative estimate of drug-likeness (QED) is 0.330. The van der Waals surface area contributed by atoms with Gasteiger partial charge in [0.2, 0.25) is 0 Å². The van der Waals surface area contributed by atoms with Gasteiger partial charge in [0.25, 0.3) is 0 Å². The molecule has 0 aliphatic rings. The Balaban J connectivity index is 2.18. The number of hydrogen-bond donors (Lipinski definition) is 0. The zero-order valence-electron chi connectivity index (χ0n) is 19.1. The highest BCUT2D eigenvalue weighted by Gasteiger charge is 2.32. The third kappa shape index (κ3) is 7.83. The second-order valence-electron chi connectivity index (χ2n) is 8.05. The van der Waals surface area contributed by atoms with Crippen molar-refractivity contribution in [3.8, 4) is 0 Å². The molecule has 0 heterocycles. The fraction of sp³-hybridized carbons (Fsp3) is 0.462. The summed E-state index contributed by atoms with van der Waals surface area (Å²) in [5.41, 5.74) is 0.994. The normalized spacial score (nSPS) is 12.2. The van der Waals surface area contributed by atoms with E-state index in [4.69, 9.17) is 9.47 Å². The first kappa shape index (κ1) is 24.6. The van der Waals surface area contributed by atoms with Crippen LogP contribution in [-0.4, -0.2) is 55.3 Å². The molecule has 2 aromatic rings. The van der Waals surface area contributed by atoms with Gasteiger partial charge in [-0.1, -0.05) is 57.2 Å². The Morgan fingerprint density at radius 1 is 0.742 bits per heavy atom. The van der Waals surface area contributed by atoms with Gasteiger partial charge in [-0.05, 0) is 43.5 Å². The highest BCUT2D eigenvalue weighted by atomic mass is 16.6. The van der Waals surface area contributed by atoms with Crippen LogP contribution in [0.4, 0.5) is 0 Å². The summed E-state index contributed by atoms with van der Waals surface area (Å²) < 4.78 is 12.3. The van der Waals surface area contributed by atoms with Crippen molar-refractivity contribution in [2.75, 3.05) is 32.8 Å². The maximum atomic E-state index is 12.8. The largest absolute Gasteiger partial charge is 0.458 e. The first-order chi connectivity index (χ1) is 15.0. The molecular formula is C26H36NO4+. The summed E-state index contributed by atoms with van der Waals surface area (Å²) in [4.78, 5) is 25.2. The third-order valence-corrected chi connectivity index (χ3v) is 5.38. The Morgan fingerprint density at radius 2 is 1.19 bits per heavy atom. The first-order valence-corrected chi connectivity index (χ1v) is 11.4. The van der Waals surface area contributed by atoms with E-state index in [1.807, 2.05) is 24.3 Å². The molecule has 31 heavy (non-hydrogen) atoms. The van der Waals surface area contributed by atoms with Crippen LogP contribution in [0.5, 0.6) is 0 Å². The minimum Gasteiger partial charge on any atom is -0.458 e. The van der Waals surface area contributed by atoms with Gasteiger partial charge in [-0.25, -0.2) is 9.59 Å². The van der Waals surface area contributed by atoms with Crippen LogP contribution in [0.2, 0.25) is 0 Å². The molecule has 0 aliphatic carbocycles. The minimum absolute atomic E-state index is 0.0451. The molecule has 1 atom stereocenters. The van der Waals surface area contributed by atoms with Crippen LogP contribution in [0.25, 0.3) is 0 Å². The lowest BCUT2D eigenvalue weighted by Gasteiger charge is -2.40. The molecule has 0 aromatic heterocycles. The van der Waals surface area contributed by atoms with Crippen LogP contribution in [0.15, 0.2) is 60.7 Å². The van der Waals surface area contributed by atoms with Gasteiger partial charge >= 0.3 is 11.9 Å². The average molecular weight is 427 g/mol. The number of hydrogen-bond acceptors (Lipinski definition) is 4. The van der Waals surface area contributed by atoms with Crippen molar-refractivity contribution in [3.63, 3.8) is 0 Å². The van der Waals surface area contributed by atoms with Crippen LogP contribution in [0.1, 0.15) is 60.7 Å². The molecule has 0 fully saturated rings. The van der Waals surface area contributed by atoms with Crippen molar-refractivity contribution in [3.05, 3.63) is 71.8 Å². The van der Waals surface area contributed by atoms with E-state index in [1.165, 1.54) is 0 Å². The molecule has 5 nitrogen and oxygen atoms in total. The van der Waals surface area contributed by atoms with E-state index in [9.17, 15) is 9.59 Å². The molecule has 0 bridgehead atoms. The van der Waals surface area contributed by atoms with Crippen molar-refractivity contribution >= 4 is 11.9 Å². The van der Waals surface area contributed by atoms with Crippen LogP contribution < -0.4 is 0 Å². The number of carbonyl (C=O) groups excluding carboxylic acids is 2. The van der Waals surface area contributed by atoms with Gasteiger partial charge in [0.15, 0.2) is 6.10 Å². The van der Waals surface area contributed by atoms with Crippen molar-refractivity contribution in [1.82, 2.24) is 0 Å². The Kier molecular flexibility index (Phi) is 10.2. The lowest BCUT2D eigenvalue weighted by molar-refractivity contribution is -0.930. The summed E-state index contributed by atoms with van der Waals surface area (Å²) in [5.74, 6) is -0.787. The third-order valence-electron chi connectivity index (χ3n) is 5.38. The smallest absolute Gasteiger partial charge is 0.338 e. The fourth-order valence-corrected chi connectivity index (χ4v) is 4.21. The summed E-state index contributed by atoms with van der Waals surface area (Å²) in [6.07, 6.45) is 2.63. The van der Waals surface area contributed by atoms with Crippen molar-refractivity contribution in [2.24, 2.45) is 0 Å². The number of carbonyl (C=O) groups is 2. The Morgan fingerprint density at radius 3 is 1.65 bits per heavy atom. The first-order valence-electron chi connectivity index (χ1n) is 11.4. The van der Waals surface area contributed by atoms with Crippen LogP contribution in [0, 0.1) is 0 Å². The van der Waals surface area contributed by atoms with Gasteiger partial charge in [0, 0.05) is 0 Å². The Labute approximate surface area is 186 Å². The lowest BCUT2D eigenvalue weighted by atomic mass is 10.1. The highest BCUT2D eigenvalue weighted by Crippen LogP contribution is 2.17. The molecule has 1 unspecified atom stereocenters. The van der Waals surface area contributed by atoms with Crippen molar-refractivity contribution in [2.45, 2.75) is 46.1 Å². The van der Waals surface area contributed by atoms with Gasteiger partial charge in [0.05, 0.1) is 30.8 Å². The van der Waals surface area contributed by atoms with Crippen LogP contribution in [0.3, 0.4) is 0 Å². The van der Waals surface area contributed by atoms with Crippen molar-refractivity contribution in [1.29, 1.82) is 0 Å². The van der Waals surface area contributed by atoms with Gasteiger partial charge < -0.3 is 14.0 Å². The van der Waals surface area contributed by atoms with Crippen LogP contribution in [-0.2, 0) is 9.47 Å². The minimum atomic E-state index is -0.509. The van der Waals surface area contributed by atoms with E-state index >= 15 is 0 Å². The summed E-state index contributed by atoms with van der Waals surface area (Å²) in [6.45, 7) is 10.2. The molecule has 0 radical (unpaired) electrons. The van der Waals surface area contributed by atoms with Gasteiger partial charge in [-0.3, -0.25) is 0 Å². The summed E-state index contributed by atoms with van der Waals surface area (Å²) in [5, 5.41) is 0. The molecule has 0 saturated carbocycles. The summed E-state index contributed by atoms with van der Waals surface area (Å²) >= 11 is 0. The zero-order valence-corrected chi connectivity index (χ0v) is 19.1. The molecular weight excluding hydrogens is 390 g/mol. The maximum absolute atomic E-state index is 12.8. The Hall–Kier alpha value is -2.66. The standard InChI is InChI=1S/C26H36NO4/c1-4-17-27(18-5-2,19-6-3)20-24(31-26(29)23-15-11-8-12-16-23)21-30-25(28)22-13-9-7-10-14-22/h7-16,24H,4-6,17-21H2,1-3H3/q+1. The van der Waals surface area contributed by atoms with E-state index in [-0.39, 0.29) is 12.6 Å². The highest BCUT2D eigenvalue weighted by molar-refractivity contribution is 5.90.